The molecule has 0 bridgehead atoms. The van der Waals surface area contributed by atoms with Crippen LogP contribution in [0.5, 0.6) is 0 Å². The Morgan fingerprint density at radius 2 is 1.95 bits per heavy atom. The topological polar surface area (TPSA) is 88.7 Å². The Kier molecular flexibility index (Phi) is 5.16. The number of hydrogen-bond acceptors (Lipinski definition) is 6. The van der Waals surface area contributed by atoms with Crippen molar-refractivity contribution in [1.82, 2.24) is 14.0 Å². The van der Waals surface area contributed by atoms with Gasteiger partial charge in [-0.25, -0.2) is 4.79 Å². The maximum atomic E-state index is 11.8. The van der Waals surface area contributed by atoms with Crippen LogP contribution in [0, 0.1) is 0 Å². The lowest BCUT2D eigenvalue weighted by molar-refractivity contribution is 0.0171. The fourth-order valence-corrected chi connectivity index (χ4v) is 2.27. The van der Waals surface area contributed by atoms with E-state index in [0.717, 1.165) is 17.7 Å². The molecule has 8 heteroatoms. The number of β-amino-alcohol motifs (C(OH)–C–C–N with tert-alkyl or cyclic N) is 1. The second kappa shape index (κ2) is 6.88. The molecule has 0 spiro atoms. The Morgan fingerprint density at radius 3 is 2.62 bits per heavy atom. The van der Waals surface area contributed by atoms with E-state index in [1.165, 1.54) is 17.7 Å². The average molecular weight is 298 g/mol. The summed E-state index contributed by atoms with van der Waals surface area (Å²) in [5, 5.41) is 13.0. The predicted octanol–water partition coefficient (Wildman–Crippen LogP) is -1.81. The maximum absolute atomic E-state index is 11.8. The molecule has 1 fully saturated rings. The van der Waals surface area contributed by atoms with Crippen molar-refractivity contribution in [3.63, 3.8) is 0 Å². The molecule has 1 atom stereocenters. The maximum Gasteiger partial charge on any atom is 0.332 e. The number of anilines is 1. The standard InChI is InChI=1S/C13H22N4O4/c1-15-11(7-12(19)16(2)13(15)20)14-8-10(18)9-17-3-5-21-6-4-17/h7,10,14,18H,3-6,8-9H2,1-2H3. The second-order valence-corrected chi connectivity index (χ2v) is 5.22. The van der Waals surface area contributed by atoms with Crippen LogP contribution in [0.25, 0.3) is 0 Å². The molecule has 2 N–H and O–H groups in total. The van der Waals surface area contributed by atoms with E-state index < -0.39 is 11.8 Å². The molecular weight excluding hydrogens is 276 g/mol. The van der Waals surface area contributed by atoms with Crippen LogP contribution in [0.15, 0.2) is 15.7 Å². The van der Waals surface area contributed by atoms with Crippen LogP contribution >= 0.6 is 0 Å². The highest BCUT2D eigenvalue weighted by molar-refractivity contribution is 5.33. The van der Waals surface area contributed by atoms with E-state index >= 15 is 0 Å². The minimum Gasteiger partial charge on any atom is -0.390 e. The largest absolute Gasteiger partial charge is 0.390 e. The van der Waals surface area contributed by atoms with Gasteiger partial charge in [-0.05, 0) is 0 Å². The van der Waals surface area contributed by atoms with Gasteiger partial charge in [-0.1, -0.05) is 0 Å². The van der Waals surface area contributed by atoms with Crippen molar-refractivity contribution < 1.29 is 9.84 Å². The molecule has 1 aliphatic rings. The average Bonchev–Trinajstić information content (AvgIpc) is 2.48. The Bertz CT molecular complexity index is 589. The van der Waals surface area contributed by atoms with Gasteiger partial charge in [0.05, 0.1) is 19.3 Å². The van der Waals surface area contributed by atoms with Crippen molar-refractivity contribution in [3.05, 3.63) is 26.9 Å². The van der Waals surface area contributed by atoms with E-state index in [1.54, 1.807) is 7.05 Å². The van der Waals surface area contributed by atoms with E-state index in [2.05, 4.69) is 10.2 Å². The molecular formula is C13H22N4O4. The first-order valence-electron chi connectivity index (χ1n) is 6.98. The fourth-order valence-electron chi connectivity index (χ4n) is 2.27. The quantitative estimate of drug-likeness (QED) is 0.666. The molecule has 1 unspecified atom stereocenters. The molecule has 0 aliphatic carbocycles. The first kappa shape index (κ1) is 15.7. The molecule has 1 aromatic rings. The number of hydrogen-bond donors (Lipinski definition) is 2. The van der Waals surface area contributed by atoms with Gasteiger partial charge in [-0.2, -0.15) is 0 Å². The third kappa shape index (κ3) is 3.93. The summed E-state index contributed by atoms with van der Waals surface area (Å²) >= 11 is 0. The van der Waals surface area contributed by atoms with Crippen molar-refractivity contribution in [2.75, 3.05) is 44.7 Å². The van der Waals surface area contributed by atoms with Gasteiger partial charge in [0.15, 0.2) is 0 Å². The first-order valence-corrected chi connectivity index (χ1v) is 6.98. The molecule has 1 saturated heterocycles. The normalized spacial score (nSPS) is 17.7. The van der Waals surface area contributed by atoms with Gasteiger partial charge < -0.3 is 15.2 Å². The molecule has 1 aromatic heterocycles. The van der Waals surface area contributed by atoms with Crippen LogP contribution in [0.2, 0.25) is 0 Å². The van der Waals surface area contributed by atoms with Crippen molar-refractivity contribution in [3.8, 4) is 0 Å². The van der Waals surface area contributed by atoms with Crippen LogP contribution in [0.1, 0.15) is 0 Å². The summed E-state index contributed by atoms with van der Waals surface area (Å²) in [5.74, 6) is 0.407. The number of rotatable bonds is 5. The SMILES string of the molecule is Cn1c(NCC(O)CN2CCOCC2)cc(=O)n(C)c1=O. The molecule has 8 nitrogen and oxygen atoms in total. The summed E-state index contributed by atoms with van der Waals surface area (Å²) in [7, 11) is 3.01. The van der Waals surface area contributed by atoms with Gasteiger partial charge in [0.1, 0.15) is 5.82 Å². The summed E-state index contributed by atoms with van der Waals surface area (Å²) in [5.41, 5.74) is -0.768. The highest BCUT2D eigenvalue weighted by atomic mass is 16.5. The lowest BCUT2D eigenvalue weighted by Gasteiger charge is -2.28. The van der Waals surface area contributed by atoms with Crippen LogP contribution in [-0.4, -0.2) is 64.6 Å². The number of ether oxygens (including phenoxy) is 1. The number of aliphatic hydroxyl groups excluding tert-OH is 1. The molecule has 0 radical (unpaired) electrons. The highest BCUT2D eigenvalue weighted by Crippen LogP contribution is 2.02. The molecule has 0 amide bonds. The Hall–Kier alpha value is -1.64. The molecule has 2 rings (SSSR count). The van der Waals surface area contributed by atoms with Crippen LogP contribution in [-0.2, 0) is 18.8 Å². The zero-order chi connectivity index (χ0) is 15.4. The van der Waals surface area contributed by atoms with Gasteiger partial charge >= 0.3 is 5.69 Å². The van der Waals surface area contributed by atoms with Crippen molar-refractivity contribution in [2.24, 2.45) is 14.1 Å². The number of aromatic nitrogens is 2. The predicted molar refractivity (Wildman–Crippen MR) is 78.7 cm³/mol. The van der Waals surface area contributed by atoms with Gasteiger partial charge in [-0.15, -0.1) is 0 Å². The Morgan fingerprint density at radius 1 is 1.29 bits per heavy atom. The third-order valence-electron chi connectivity index (χ3n) is 3.62. The van der Waals surface area contributed by atoms with E-state index in [-0.39, 0.29) is 12.1 Å². The van der Waals surface area contributed by atoms with Crippen molar-refractivity contribution in [2.45, 2.75) is 6.10 Å². The first-order chi connectivity index (χ1) is 9.99. The lowest BCUT2D eigenvalue weighted by Crippen LogP contribution is -2.43. The van der Waals surface area contributed by atoms with Crippen LogP contribution in [0.4, 0.5) is 5.82 Å². The van der Waals surface area contributed by atoms with E-state index in [9.17, 15) is 14.7 Å². The number of morpholine rings is 1. The third-order valence-corrected chi connectivity index (χ3v) is 3.62. The lowest BCUT2D eigenvalue weighted by atomic mass is 10.3. The molecule has 2 heterocycles. The minimum absolute atomic E-state index is 0.276. The summed E-state index contributed by atoms with van der Waals surface area (Å²) < 4.78 is 7.64. The van der Waals surface area contributed by atoms with Crippen LogP contribution < -0.4 is 16.6 Å². The summed E-state index contributed by atoms with van der Waals surface area (Å²) in [6, 6.07) is 1.35. The molecule has 1 aliphatic heterocycles. The smallest absolute Gasteiger partial charge is 0.332 e. The number of nitrogens with one attached hydrogen (secondary N) is 1. The molecule has 118 valence electrons. The summed E-state index contributed by atoms with van der Waals surface area (Å²) in [6.07, 6.45) is -0.581. The molecule has 0 aromatic carbocycles. The zero-order valence-corrected chi connectivity index (χ0v) is 12.4. The number of nitrogens with zero attached hydrogens (tertiary/aromatic N) is 3. The molecule has 0 saturated carbocycles. The number of aliphatic hydroxyl groups is 1. The molecule has 21 heavy (non-hydrogen) atoms. The summed E-state index contributed by atoms with van der Waals surface area (Å²) in [6.45, 7) is 3.79. The monoisotopic (exact) mass is 298 g/mol. The van der Waals surface area contributed by atoms with Gasteiger partial charge in [0.25, 0.3) is 5.56 Å². The fraction of sp³-hybridized carbons (Fsp3) is 0.692. The minimum atomic E-state index is -0.581. The Balaban J connectivity index is 1.93. The highest BCUT2D eigenvalue weighted by Gasteiger charge is 2.15. The zero-order valence-electron chi connectivity index (χ0n) is 12.4. The summed E-state index contributed by atoms with van der Waals surface area (Å²) in [4.78, 5) is 25.5. The van der Waals surface area contributed by atoms with Gasteiger partial charge in [0.2, 0.25) is 0 Å². The second-order valence-electron chi connectivity index (χ2n) is 5.22. The van der Waals surface area contributed by atoms with Crippen molar-refractivity contribution in [1.29, 1.82) is 0 Å². The van der Waals surface area contributed by atoms with E-state index in [1.807, 2.05) is 0 Å². The van der Waals surface area contributed by atoms with Gasteiger partial charge in [-0.3, -0.25) is 18.8 Å². The Labute approximate surface area is 122 Å². The van der Waals surface area contributed by atoms with Crippen molar-refractivity contribution >= 4 is 5.82 Å². The van der Waals surface area contributed by atoms with E-state index in [0.29, 0.717) is 25.6 Å². The van der Waals surface area contributed by atoms with Crippen LogP contribution in [0.3, 0.4) is 0 Å². The van der Waals surface area contributed by atoms with E-state index in [4.69, 9.17) is 4.74 Å². The van der Waals surface area contributed by atoms with Gasteiger partial charge in [0, 0.05) is 46.3 Å².